The second kappa shape index (κ2) is 47.6. The topological polar surface area (TPSA) is 57.2 Å². The minimum Gasteiger partial charge on any atom is -0.744 e. The van der Waals surface area contributed by atoms with Crippen molar-refractivity contribution in [2.45, 2.75) is 314 Å². The van der Waals surface area contributed by atoms with Gasteiger partial charge in [-0.15, -0.1) is 0 Å². The first-order valence-corrected chi connectivity index (χ1v) is 28.0. The van der Waals surface area contributed by atoms with Crippen molar-refractivity contribution in [3.63, 3.8) is 0 Å². The molecule has 0 atom stereocenters. The van der Waals surface area contributed by atoms with Crippen LogP contribution in [-0.4, -0.2) is 13.0 Å². The summed E-state index contributed by atoms with van der Waals surface area (Å²) in [5.74, 6) is 0. The predicted molar refractivity (Wildman–Crippen MR) is 256 cm³/mol. The first-order chi connectivity index (χ1) is 28.5. The molecule has 0 N–H and O–H groups in total. The molecule has 342 valence electrons. The van der Waals surface area contributed by atoms with E-state index in [1.807, 2.05) is 6.07 Å². The number of unbranched alkanes of at least 4 members (excludes halogenated alkanes) is 45. The molecule has 0 unspecified atom stereocenters. The maximum absolute atomic E-state index is 11.2. The van der Waals surface area contributed by atoms with Crippen molar-refractivity contribution >= 4 is 10.1 Å². The van der Waals surface area contributed by atoms with Crippen molar-refractivity contribution in [3.05, 3.63) is 29.8 Å². The fraction of sp³-hybridized carbons (Fsp3) is 0.889. The van der Waals surface area contributed by atoms with Crippen LogP contribution in [0.25, 0.3) is 0 Å². The Morgan fingerprint density at radius 2 is 0.542 bits per heavy atom. The molecule has 1 aromatic carbocycles. The van der Waals surface area contributed by atoms with E-state index in [1.54, 1.807) is 6.07 Å². The number of rotatable bonds is 48. The standard InChI is InChI=1S/C54H102O3S.Na/c1-2-3-4-5-6-7-8-9-10-11-12-13-14-15-16-17-18-19-20-21-22-23-24-25-26-27-28-29-30-31-32-33-34-35-36-37-38-39-40-41-42-43-44-45-46-47-49-53-50-48-51-54(52-53)58(55,56)57;/h48,50-52H,2-47,49H2,1H3,(H,55,56,57);/q;+1/p-1. The van der Waals surface area contributed by atoms with Crippen molar-refractivity contribution in [2.24, 2.45) is 0 Å². The quantitative estimate of drug-likeness (QED) is 0.0373. The molecule has 0 saturated heterocycles. The number of hydrogen-bond donors (Lipinski definition) is 0. The minimum atomic E-state index is -4.35. The van der Waals surface area contributed by atoms with Crippen LogP contribution in [0.1, 0.15) is 308 Å². The number of hydrogen-bond acceptors (Lipinski definition) is 3. The molecule has 5 heteroatoms. The zero-order valence-corrected chi connectivity index (χ0v) is 43.0. The summed E-state index contributed by atoms with van der Waals surface area (Å²) in [6, 6.07) is 6.52. The van der Waals surface area contributed by atoms with E-state index in [4.69, 9.17) is 0 Å². The van der Waals surface area contributed by atoms with Crippen LogP contribution in [0, 0.1) is 0 Å². The molecule has 1 rings (SSSR count). The zero-order chi connectivity index (χ0) is 41.7. The molecular weight excluding hydrogens is 752 g/mol. The summed E-state index contributed by atoms with van der Waals surface area (Å²) in [4.78, 5) is -0.104. The van der Waals surface area contributed by atoms with Gasteiger partial charge in [-0.2, -0.15) is 0 Å². The summed E-state index contributed by atoms with van der Waals surface area (Å²) in [7, 11) is -4.35. The van der Waals surface area contributed by atoms with E-state index in [-0.39, 0.29) is 34.5 Å². The third kappa shape index (κ3) is 44.5. The number of benzene rings is 1. The zero-order valence-electron chi connectivity index (χ0n) is 40.2. The Kier molecular flexibility index (Phi) is 47.7. The van der Waals surface area contributed by atoms with E-state index in [9.17, 15) is 13.0 Å². The van der Waals surface area contributed by atoms with Gasteiger partial charge >= 0.3 is 29.6 Å². The number of aryl methyl sites for hydroxylation is 1. The van der Waals surface area contributed by atoms with Crippen LogP contribution in [0.5, 0.6) is 0 Å². The Bertz CT molecular complexity index is 1060. The van der Waals surface area contributed by atoms with Gasteiger partial charge in [0, 0.05) is 0 Å². The van der Waals surface area contributed by atoms with Crippen molar-refractivity contribution in [3.8, 4) is 0 Å². The molecule has 0 aliphatic carbocycles. The van der Waals surface area contributed by atoms with Gasteiger partial charge in [0.2, 0.25) is 0 Å². The van der Waals surface area contributed by atoms with Gasteiger partial charge in [0.15, 0.2) is 0 Å². The average Bonchev–Trinajstić information content (AvgIpc) is 3.22. The molecule has 0 spiro atoms. The Balaban J connectivity index is 0.0000336. The van der Waals surface area contributed by atoms with E-state index in [2.05, 4.69) is 6.92 Å². The van der Waals surface area contributed by atoms with Crippen LogP contribution in [0.3, 0.4) is 0 Å². The Morgan fingerprint density at radius 3 is 0.746 bits per heavy atom. The van der Waals surface area contributed by atoms with Gasteiger partial charge in [0.1, 0.15) is 10.1 Å². The SMILES string of the molecule is CCCCCCCCCCCCCCCCCCCCCCCCCCCCCCCCCCCCCCCCCCCCCCCCc1cccc(S(=O)(=O)[O-])c1.[Na+]. The van der Waals surface area contributed by atoms with Gasteiger partial charge < -0.3 is 4.55 Å². The molecule has 0 aliphatic rings. The van der Waals surface area contributed by atoms with Crippen LogP contribution in [0.15, 0.2) is 29.2 Å². The molecule has 0 bridgehead atoms. The molecule has 59 heavy (non-hydrogen) atoms. The molecule has 1 aromatic rings. The van der Waals surface area contributed by atoms with Crippen LogP contribution in [0.4, 0.5) is 0 Å². The summed E-state index contributed by atoms with van der Waals surface area (Å²) in [5, 5.41) is 0. The molecule has 0 heterocycles. The third-order valence-electron chi connectivity index (χ3n) is 13.0. The largest absolute Gasteiger partial charge is 1.00 e. The maximum atomic E-state index is 11.2. The Morgan fingerprint density at radius 1 is 0.339 bits per heavy atom. The molecule has 0 radical (unpaired) electrons. The van der Waals surface area contributed by atoms with Crippen molar-refractivity contribution < 1.29 is 42.5 Å². The van der Waals surface area contributed by atoms with Gasteiger partial charge in [0.05, 0.1) is 4.90 Å². The van der Waals surface area contributed by atoms with Gasteiger partial charge in [-0.25, -0.2) is 8.42 Å². The summed E-state index contributed by atoms with van der Waals surface area (Å²) in [6.45, 7) is 2.31. The Hall–Kier alpha value is 0.130. The van der Waals surface area contributed by atoms with E-state index in [0.29, 0.717) is 0 Å². The minimum absolute atomic E-state index is 0. The fourth-order valence-electron chi connectivity index (χ4n) is 9.04. The molecule has 0 amide bonds. The van der Waals surface area contributed by atoms with E-state index in [1.165, 1.54) is 301 Å². The molecule has 3 nitrogen and oxygen atoms in total. The second-order valence-electron chi connectivity index (χ2n) is 18.8. The van der Waals surface area contributed by atoms with Crippen LogP contribution >= 0.6 is 0 Å². The summed E-state index contributed by atoms with van der Waals surface area (Å²) >= 11 is 0. The third-order valence-corrected chi connectivity index (χ3v) is 13.8. The maximum Gasteiger partial charge on any atom is 1.00 e. The van der Waals surface area contributed by atoms with E-state index in [0.717, 1.165) is 18.4 Å². The van der Waals surface area contributed by atoms with Crippen LogP contribution in [0.2, 0.25) is 0 Å². The average molecular weight is 853 g/mol. The van der Waals surface area contributed by atoms with Crippen LogP contribution < -0.4 is 29.6 Å². The molecule has 0 aromatic heterocycles. The fourth-order valence-corrected chi connectivity index (χ4v) is 9.58. The van der Waals surface area contributed by atoms with Gasteiger partial charge in [-0.3, -0.25) is 0 Å². The van der Waals surface area contributed by atoms with E-state index >= 15 is 0 Å². The van der Waals surface area contributed by atoms with Crippen molar-refractivity contribution in [2.75, 3.05) is 0 Å². The first-order valence-electron chi connectivity index (χ1n) is 26.6. The molecular formula is C54H101NaO3S. The predicted octanol–water partition coefficient (Wildman–Crippen LogP) is 16.1. The van der Waals surface area contributed by atoms with Crippen LogP contribution in [-0.2, 0) is 16.5 Å². The molecule has 0 aliphatic heterocycles. The van der Waals surface area contributed by atoms with Gasteiger partial charge in [-0.1, -0.05) is 308 Å². The summed E-state index contributed by atoms with van der Waals surface area (Å²) in [6.07, 6.45) is 66.9. The molecule has 0 fully saturated rings. The first kappa shape index (κ1) is 59.1. The van der Waals surface area contributed by atoms with Crippen molar-refractivity contribution in [1.82, 2.24) is 0 Å². The van der Waals surface area contributed by atoms with Crippen molar-refractivity contribution in [1.29, 1.82) is 0 Å². The second-order valence-corrected chi connectivity index (χ2v) is 20.1. The smallest absolute Gasteiger partial charge is 0.744 e. The summed E-state index contributed by atoms with van der Waals surface area (Å²) < 4.78 is 33.6. The normalized spacial score (nSPS) is 11.7. The van der Waals surface area contributed by atoms with Gasteiger partial charge in [0.25, 0.3) is 0 Å². The van der Waals surface area contributed by atoms with E-state index < -0.39 is 10.1 Å². The monoisotopic (exact) mass is 853 g/mol. The molecule has 0 saturated carbocycles. The van der Waals surface area contributed by atoms with Gasteiger partial charge in [-0.05, 0) is 30.5 Å². The summed E-state index contributed by atoms with van der Waals surface area (Å²) in [5.41, 5.74) is 0.953. The Labute approximate surface area is 393 Å².